The van der Waals surface area contributed by atoms with Gasteiger partial charge in [0.2, 0.25) is 5.91 Å². The van der Waals surface area contributed by atoms with Gasteiger partial charge in [0.1, 0.15) is 12.4 Å². The first-order valence-corrected chi connectivity index (χ1v) is 5.90. The Bertz CT molecular complexity index is 540. The summed E-state index contributed by atoms with van der Waals surface area (Å²) in [7, 11) is 1.48. The highest BCUT2D eigenvalue weighted by Crippen LogP contribution is 2.28. The molecule has 98 valence electrons. The van der Waals surface area contributed by atoms with Crippen LogP contribution in [0.1, 0.15) is 0 Å². The van der Waals surface area contributed by atoms with Crippen molar-refractivity contribution in [2.45, 2.75) is 0 Å². The van der Waals surface area contributed by atoms with Gasteiger partial charge in [-0.1, -0.05) is 30.3 Å². The normalized spacial score (nSPS) is 9.95. The van der Waals surface area contributed by atoms with Gasteiger partial charge in [-0.3, -0.25) is 4.79 Å². The number of amides is 1. The molecular weight excluding hydrogens is 242 g/mol. The van der Waals surface area contributed by atoms with E-state index in [1.807, 2.05) is 42.5 Å². The topological polar surface area (TPSA) is 47.6 Å². The maximum Gasteiger partial charge on any atom is 0.250 e. The van der Waals surface area contributed by atoms with Crippen LogP contribution in [0.15, 0.2) is 54.6 Å². The molecule has 0 spiro atoms. The van der Waals surface area contributed by atoms with Crippen molar-refractivity contribution >= 4 is 11.6 Å². The fraction of sp³-hybridized carbons (Fsp3) is 0.133. The minimum atomic E-state index is -0.216. The molecular formula is C15H15NO3. The van der Waals surface area contributed by atoms with Gasteiger partial charge in [0.15, 0.2) is 5.75 Å². The lowest BCUT2D eigenvalue weighted by molar-refractivity contribution is -0.119. The Morgan fingerprint density at radius 3 is 2.47 bits per heavy atom. The molecule has 0 heterocycles. The molecule has 0 saturated carbocycles. The molecule has 2 aromatic rings. The number of hydrogen-bond acceptors (Lipinski definition) is 3. The van der Waals surface area contributed by atoms with E-state index < -0.39 is 0 Å². The Balaban J connectivity index is 2.14. The number of anilines is 1. The van der Waals surface area contributed by atoms with E-state index >= 15 is 0 Å². The standard InChI is InChI=1S/C15H15NO3/c1-18-11-15(17)16-13-9-5-6-10-14(13)19-12-7-3-2-4-8-12/h2-10H,11H2,1H3,(H,16,17). The van der Waals surface area contributed by atoms with E-state index in [2.05, 4.69) is 5.32 Å². The molecule has 0 fully saturated rings. The second-order valence-corrected chi connectivity index (χ2v) is 3.89. The number of para-hydroxylation sites is 3. The molecule has 0 bridgehead atoms. The summed E-state index contributed by atoms with van der Waals surface area (Å²) in [6.45, 7) is 0.0136. The van der Waals surface area contributed by atoms with Gasteiger partial charge in [-0.25, -0.2) is 0 Å². The predicted octanol–water partition coefficient (Wildman–Crippen LogP) is 3.06. The zero-order valence-electron chi connectivity index (χ0n) is 10.6. The first-order chi connectivity index (χ1) is 9.29. The van der Waals surface area contributed by atoms with Crippen LogP contribution >= 0.6 is 0 Å². The van der Waals surface area contributed by atoms with Crippen LogP contribution in [0.5, 0.6) is 11.5 Å². The van der Waals surface area contributed by atoms with Crippen molar-refractivity contribution in [3.05, 3.63) is 54.6 Å². The van der Waals surface area contributed by atoms with E-state index in [9.17, 15) is 4.79 Å². The maximum atomic E-state index is 11.5. The number of carbonyl (C=O) groups excluding carboxylic acids is 1. The summed E-state index contributed by atoms with van der Waals surface area (Å²) in [6, 6.07) is 16.7. The largest absolute Gasteiger partial charge is 0.455 e. The van der Waals surface area contributed by atoms with Crippen molar-refractivity contribution in [2.75, 3.05) is 19.0 Å². The van der Waals surface area contributed by atoms with Gasteiger partial charge in [0.05, 0.1) is 5.69 Å². The summed E-state index contributed by atoms with van der Waals surface area (Å²) < 4.78 is 10.5. The molecule has 2 aromatic carbocycles. The molecule has 4 nitrogen and oxygen atoms in total. The third-order valence-electron chi connectivity index (χ3n) is 2.41. The van der Waals surface area contributed by atoms with Crippen molar-refractivity contribution in [1.82, 2.24) is 0 Å². The van der Waals surface area contributed by atoms with Crippen LogP contribution in [0.2, 0.25) is 0 Å². The van der Waals surface area contributed by atoms with Crippen LogP contribution in [0.25, 0.3) is 0 Å². The van der Waals surface area contributed by atoms with Crippen molar-refractivity contribution in [3.8, 4) is 11.5 Å². The van der Waals surface area contributed by atoms with Crippen molar-refractivity contribution in [1.29, 1.82) is 0 Å². The van der Waals surface area contributed by atoms with E-state index in [0.29, 0.717) is 11.4 Å². The van der Waals surface area contributed by atoms with Crippen molar-refractivity contribution in [2.24, 2.45) is 0 Å². The number of hydrogen-bond donors (Lipinski definition) is 1. The first-order valence-electron chi connectivity index (χ1n) is 5.90. The van der Waals surface area contributed by atoms with E-state index in [-0.39, 0.29) is 12.5 Å². The molecule has 0 atom stereocenters. The van der Waals surface area contributed by atoms with E-state index in [1.54, 1.807) is 12.1 Å². The van der Waals surface area contributed by atoms with Crippen LogP contribution < -0.4 is 10.1 Å². The highest BCUT2D eigenvalue weighted by molar-refractivity contribution is 5.93. The quantitative estimate of drug-likeness (QED) is 0.895. The van der Waals surface area contributed by atoms with E-state index in [0.717, 1.165) is 5.75 Å². The SMILES string of the molecule is COCC(=O)Nc1ccccc1Oc1ccccc1. The first kappa shape index (κ1) is 13.1. The second-order valence-electron chi connectivity index (χ2n) is 3.89. The van der Waals surface area contributed by atoms with Crippen LogP contribution in [-0.4, -0.2) is 19.6 Å². The third kappa shape index (κ3) is 3.82. The minimum Gasteiger partial charge on any atom is -0.455 e. The van der Waals surface area contributed by atoms with Gasteiger partial charge in [-0.15, -0.1) is 0 Å². The van der Waals surface area contributed by atoms with Gasteiger partial charge in [-0.2, -0.15) is 0 Å². The molecule has 4 heteroatoms. The van der Waals surface area contributed by atoms with Gasteiger partial charge in [-0.05, 0) is 24.3 Å². The summed E-state index contributed by atoms with van der Waals surface area (Å²) in [6.07, 6.45) is 0. The lowest BCUT2D eigenvalue weighted by Gasteiger charge is -2.11. The Morgan fingerprint density at radius 1 is 1.05 bits per heavy atom. The number of rotatable bonds is 5. The molecule has 0 radical (unpaired) electrons. The lowest BCUT2D eigenvalue weighted by atomic mass is 10.3. The Kier molecular flexibility index (Phi) is 4.53. The number of methoxy groups -OCH3 is 1. The van der Waals surface area contributed by atoms with Crippen LogP contribution in [0.4, 0.5) is 5.69 Å². The molecule has 1 N–H and O–H groups in total. The lowest BCUT2D eigenvalue weighted by Crippen LogP contribution is -2.17. The highest BCUT2D eigenvalue weighted by atomic mass is 16.5. The predicted molar refractivity (Wildman–Crippen MR) is 73.5 cm³/mol. The average molecular weight is 257 g/mol. The number of ether oxygens (including phenoxy) is 2. The summed E-state index contributed by atoms with van der Waals surface area (Å²) in [4.78, 5) is 11.5. The number of nitrogens with one attached hydrogen (secondary N) is 1. The summed E-state index contributed by atoms with van der Waals surface area (Å²) in [5, 5.41) is 2.74. The molecule has 0 aliphatic rings. The summed E-state index contributed by atoms with van der Waals surface area (Å²) in [5.41, 5.74) is 0.619. The summed E-state index contributed by atoms with van der Waals surface area (Å²) in [5.74, 6) is 1.10. The Hall–Kier alpha value is -2.33. The summed E-state index contributed by atoms with van der Waals surface area (Å²) >= 11 is 0. The Morgan fingerprint density at radius 2 is 1.74 bits per heavy atom. The molecule has 1 amide bonds. The second kappa shape index (κ2) is 6.56. The van der Waals surface area contributed by atoms with Crippen LogP contribution in [-0.2, 0) is 9.53 Å². The number of benzene rings is 2. The fourth-order valence-electron chi connectivity index (χ4n) is 1.59. The van der Waals surface area contributed by atoms with Gasteiger partial charge >= 0.3 is 0 Å². The average Bonchev–Trinajstić information content (AvgIpc) is 2.42. The Labute approximate surface area is 112 Å². The van der Waals surface area contributed by atoms with Gasteiger partial charge in [0, 0.05) is 7.11 Å². The third-order valence-corrected chi connectivity index (χ3v) is 2.41. The monoisotopic (exact) mass is 257 g/mol. The van der Waals surface area contributed by atoms with Crippen molar-refractivity contribution in [3.63, 3.8) is 0 Å². The smallest absolute Gasteiger partial charge is 0.250 e. The molecule has 0 saturated heterocycles. The molecule has 19 heavy (non-hydrogen) atoms. The minimum absolute atomic E-state index is 0.0136. The molecule has 0 unspecified atom stereocenters. The van der Waals surface area contributed by atoms with Crippen molar-refractivity contribution < 1.29 is 14.3 Å². The van der Waals surface area contributed by atoms with E-state index in [1.165, 1.54) is 7.11 Å². The fourth-order valence-corrected chi connectivity index (χ4v) is 1.59. The van der Waals surface area contributed by atoms with E-state index in [4.69, 9.17) is 9.47 Å². The maximum absolute atomic E-state index is 11.5. The van der Waals surface area contributed by atoms with Gasteiger partial charge < -0.3 is 14.8 Å². The zero-order valence-corrected chi connectivity index (χ0v) is 10.6. The number of carbonyl (C=O) groups is 1. The molecule has 0 aromatic heterocycles. The highest BCUT2D eigenvalue weighted by Gasteiger charge is 2.07. The molecule has 0 aliphatic carbocycles. The van der Waals surface area contributed by atoms with Gasteiger partial charge in [0.25, 0.3) is 0 Å². The van der Waals surface area contributed by atoms with Crippen LogP contribution in [0.3, 0.4) is 0 Å². The molecule has 2 rings (SSSR count). The molecule has 0 aliphatic heterocycles. The zero-order chi connectivity index (χ0) is 13.5. The van der Waals surface area contributed by atoms with Crippen LogP contribution in [0, 0.1) is 0 Å².